The molecule has 1 aromatic rings. The Morgan fingerprint density at radius 2 is 2.00 bits per heavy atom. The van der Waals surface area contributed by atoms with Gasteiger partial charge >= 0.3 is 6.03 Å². The zero-order chi connectivity index (χ0) is 18.0. The van der Waals surface area contributed by atoms with E-state index < -0.39 is 11.6 Å². The lowest BCUT2D eigenvalue weighted by molar-refractivity contribution is -0.134. The van der Waals surface area contributed by atoms with Crippen LogP contribution in [-0.4, -0.2) is 35.5 Å². The minimum absolute atomic E-state index is 0.0192. The third-order valence-electron chi connectivity index (χ3n) is 5.41. The maximum atomic E-state index is 14.1. The first kappa shape index (κ1) is 17.9. The number of hydrogen-bond donors (Lipinski definition) is 2. The number of nitrogens with one attached hydrogen (secondary N) is 2. The third-order valence-corrected chi connectivity index (χ3v) is 5.41. The Labute approximate surface area is 148 Å². The fraction of sp³-hybridized carbons (Fsp3) is 0.579. The lowest BCUT2D eigenvalue weighted by atomic mass is 9.75. The molecule has 136 valence electrons. The monoisotopic (exact) mass is 347 g/mol. The highest BCUT2D eigenvalue weighted by atomic mass is 19.1. The van der Waals surface area contributed by atoms with E-state index in [9.17, 15) is 14.0 Å². The number of rotatable bonds is 5. The largest absolute Gasteiger partial charge is 0.325 e. The normalized spacial score (nSPS) is 24.7. The van der Waals surface area contributed by atoms with E-state index in [1.807, 2.05) is 13.8 Å². The number of carbonyl (C=O) groups is 2. The molecule has 25 heavy (non-hydrogen) atoms. The number of hydrogen-bond acceptors (Lipinski definition) is 3. The molecule has 2 aliphatic heterocycles. The Kier molecular flexibility index (Phi) is 5.08. The van der Waals surface area contributed by atoms with Crippen LogP contribution in [0.3, 0.4) is 0 Å². The number of carbonyl (C=O) groups excluding carboxylic acids is 2. The van der Waals surface area contributed by atoms with Gasteiger partial charge in [-0.05, 0) is 51.3 Å². The smallest absolute Gasteiger partial charge is 0.323 e. The maximum absolute atomic E-state index is 14.1. The number of imide groups is 1. The molecule has 2 fully saturated rings. The van der Waals surface area contributed by atoms with E-state index in [4.69, 9.17) is 0 Å². The van der Waals surface area contributed by atoms with E-state index in [0.29, 0.717) is 12.0 Å². The molecule has 0 spiro atoms. The lowest BCUT2D eigenvalue weighted by Crippen LogP contribution is -2.55. The second-order valence-electron chi connectivity index (χ2n) is 7.16. The molecular formula is C19H26FN3O2. The molecule has 0 saturated carbocycles. The molecular weight excluding hydrogens is 321 g/mol. The topological polar surface area (TPSA) is 61.4 Å². The summed E-state index contributed by atoms with van der Waals surface area (Å²) in [6.07, 6.45) is 3.15. The van der Waals surface area contributed by atoms with Crippen molar-refractivity contribution in [2.24, 2.45) is 5.92 Å². The van der Waals surface area contributed by atoms with Crippen LogP contribution < -0.4 is 10.6 Å². The van der Waals surface area contributed by atoms with E-state index in [2.05, 4.69) is 10.6 Å². The van der Waals surface area contributed by atoms with Gasteiger partial charge in [-0.15, -0.1) is 0 Å². The number of urea groups is 1. The molecule has 3 rings (SSSR count). The quantitative estimate of drug-likeness (QED) is 0.805. The lowest BCUT2D eigenvalue weighted by Gasteiger charge is -2.37. The van der Waals surface area contributed by atoms with Crippen LogP contribution in [-0.2, 0) is 11.3 Å². The van der Waals surface area contributed by atoms with Crippen LogP contribution >= 0.6 is 0 Å². The highest BCUT2D eigenvalue weighted by Gasteiger charge is 2.54. The Hall–Kier alpha value is -1.95. The molecule has 2 aliphatic rings. The van der Waals surface area contributed by atoms with Crippen molar-refractivity contribution in [3.8, 4) is 0 Å². The zero-order valence-electron chi connectivity index (χ0n) is 14.9. The van der Waals surface area contributed by atoms with Gasteiger partial charge in [0.05, 0.1) is 6.54 Å². The van der Waals surface area contributed by atoms with Crippen LogP contribution in [0.15, 0.2) is 18.2 Å². The van der Waals surface area contributed by atoms with Gasteiger partial charge in [-0.1, -0.05) is 31.0 Å². The maximum Gasteiger partial charge on any atom is 0.325 e. The van der Waals surface area contributed by atoms with E-state index >= 15 is 0 Å². The van der Waals surface area contributed by atoms with Crippen molar-refractivity contribution < 1.29 is 14.0 Å². The van der Waals surface area contributed by atoms with Crippen LogP contribution in [0, 0.1) is 18.7 Å². The summed E-state index contributed by atoms with van der Waals surface area (Å²) < 4.78 is 14.1. The van der Waals surface area contributed by atoms with Crippen molar-refractivity contribution in [3.05, 3.63) is 35.1 Å². The molecule has 0 aromatic heterocycles. The van der Waals surface area contributed by atoms with Crippen LogP contribution in [0.2, 0.25) is 0 Å². The average molecular weight is 347 g/mol. The fourth-order valence-corrected chi connectivity index (χ4v) is 4.14. The van der Waals surface area contributed by atoms with Crippen molar-refractivity contribution in [3.63, 3.8) is 0 Å². The molecule has 5 nitrogen and oxygen atoms in total. The Morgan fingerprint density at radius 1 is 1.28 bits per heavy atom. The minimum Gasteiger partial charge on any atom is -0.323 e. The van der Waals surface area contributed by atoms with Gasteiger partial charge in [0.25, 0.3) is 5.91 Å². The van der Waals surface area contributed by atoms with Crippen molar-refractivity contribution >= 4 is 11.9 Å². The van der Waals surface area contributed by atoms with Crippen LogP contribution in [0.1, 0.15) is 43.7 Å². The number of aryl methyl sites for hydroxylation is 1. The van der Waals surface area contributed by atoms with Crippen LogP contribution in [0.25, 0.3) is 0 Å². The summed E-state index contributed by atoms with van der Waals surface area (Å²) >= 11 is 0. The summed E-state index contributed by atoms with van der Waals surface area (Å²) in [4.78, 5) is 27.0. The molecule has 2 N–H and O–H groups in total. The second-order valence-corrected chi connectivity index (χ2v) is 7.16. The molecule has 6 heteroatoms. The zero-order valence-corrected chi connectivity index (χ0v) is 14.9. The molecule has 0 radical (unpaired) electrons. The van der Waals surface area contributed by atoms with E-state index in [0.717, 1.165) is 37.9 Å². The SMILES string of the molecule is CCC[C@]1(C2CCNCC2)NC(=O)N(Cc2cc(C)ccc2F)C1=O. The van der Waals surface area contributed by atoms with Gasteiger partial charge in [-0.3, -0.25) is 9.69 Å². The van der Waals surface area contributed by atoms with E-state index in [-0.39, 0.29) is 24.2 Å². The molecule has 0 bridgehead atoms. The molecule has 2 heterocycles. The molecule has 1 atom stereocenters. The predicted octanol–water partition coefficient (Wildman–Crippen LogP) is 2.72. The molecule has 2 saturated heterocycles. The number of piperidine rings is 1. The number of halogens is 1. The number of amides is 3. The molecule has 0 aliphatic carbocycles. The van der Waals surface area contributed by atoms with Gasteiger partial charge in [0.2, 0.25) is 0 Å². The van der Waals surface area contributed by atoms with Crippen molar-refractivity contribution in [2.75, 3.05) is 13.1 Å². The Morgan fingerprint density at radius 3 is 2.68 bits per heavy atom. The van der Waals surface area contributed by atoms with Crippen LogP contribution in [0.5, 0.6) is 0 Å². The van der Waals surface area contributed by atoms with E-state index in [1.165, 1.54) is 11.0 Å². The van der Waals surface area contributed by atoms with Crippen LogP contribution in [0.4, 0.5) is 9.18 Å². The van der Waals surface area contributed by atoms with E-state index in [1.54, 1.807) is 12.1 Å². The first-order valence-corrected chi connectivity index (χ1v) is 9.08. The first-order valence-electron chi connectivity index (χ1n) is 9.08. The average Bonchev–Trinajstić information content (AvgIpc) is 2.84. The summed E-state index contributed by atoms with van der Waals surface area (Å²) in [5.41, 5.74) is 0.441. The number of nitrogens with zero attached hydrogens (tertiary/aromatic N) is 1. The second kappa shape index (κ2) is 7.12. The summed E-state index contributed by atoms with van der Waals surface area (Å²) in [5, 5.41) is 6.28. The van der Waals surface area contributed by atoms with Crippen molar-refractivity contribution in [1.82, 2.24) is 15.5 Å². The first-order chi connectivity index (χ1) is 12.0. The summed E-state index contributed by atoms with van der Waals surface area (Å²) in [5.74, 6) is -0.467. The van der Waals surface area contributed by atoms with Gasteiger partial charge < -0.3 is 10.6 Å². The fourth-order valence-electron chi connectivity index (χ4n) is 4.14. The predicted molar refractivity (Wildman–Crippen MR) is 93.5 cm³/mol. The van der Waals surface area contributed by atoms with Gasteiger partial charge in [-0.25, -0.2) is 9.18 Å². The van der Waals surface area contributed by atoms with Crippen molar-refractivity contribution in [2.45, 2.75) is 51.6 Å². The highest BCUT2D eigenvalue weighted by molar-refractivity contribution is 6.07. The molecule has 0 unspecified atom stereocenters. The van der Waals surface area contributed by atoms with Crippen molar-refractivity contribution in [1.29, 1.82) is 0 Å². The highest BCUT2D eigenvalue weighted by Crippen LogP contribution is 2.36. The number of benzene rings is 1. The standard InChI is InChI=1S/C19H26FN3O2/c1-3-8-19(15-6-9-21-10-7-15)17(24)23(18(25)22-19)12-14-11-13(2)4-5-16(14)20/h4-5,11,15,21H,3,6-10,12H2,1-2H3,(H,22,25)/t19-/m1/s1. The summed E-state index contributed by atoms with van der Waals surface area (Å²) in [7, 11) is 0. The molecule has 1 aromatic carbocycles. The van der Waals surface area contributed by atoms with Gasteiger partial charge in [0.1, 0.15) is 11.4 Å². The summed E-state index contributed by atoms with van der Waals surface area (Å²) in [6.45, 7) is 5.57. The van der Waals surface area contributed by atoms with Gasteiger partial charge in [0, 0.05) is 5.56 Å². The molecule has 3 amide bonds. The minimum atomic E-state index is -0.839. The van der Waals surface area contributed by atoms with Gasteiger partial charge in [0.15, 0.2) is 0 Å². The Balaban J connectivity index is 1.87. The third kappa shape index (κ3) is 3.27. The van der Waals surface area contributed by atoms with Gasteiger partial charge in [-0.2, -0.15) is 0 Å². The Bertz CT molecular complexity index is 673. The summed E-state index contributed by atoms with van der Waals surface area (Å²) in [6, 6.07) is 4.36.